The lowest BCUT2D eigenvalue weighted by Crippen LogP contribution is -2.33. The summed E-state index contributed by atoms with van der Waals surface area (Å²) in [6.07, 6.45) is 4.27. The Bertz CT molecular complexity index is 1320. The zero-order valence-corrected chi connectivity index (χ0v) is 20.1. The molecule has 2 aromatic carbocycles. The average molecular weight is 474 g/mol. The summed E-state index contributed by atoms with van der Waals surface area (Å²) >= 11 is 1.30. The number of aromatic nitrogens is 4. The van der Waals surface area contributed by atoms with Gasteiger partial charge in [0.1, 0.15) is 0 Å². The SMILES string of the molecule is CCC(Sc1nc2nccnc2c(=O)n1CCc1ccccc1)C(=O)NCc1ccc(C)cc1. The van der Waals surface area contributed by atoms with Gasteiger partial charge in [0.25, 0.3) is 5.56 Å². The number of thioether (sulfide) groups is 1. The van der Waals surface area contributed by atoms with E-state index in [4.69, 9.17) is 0 Å². The molecule has 2 heterocycles. The fourth-order valence-corrected chi connectivity index (χ4v) is 4.61. The van der Waals surface area contributed by atoms with Gasteiger partial charge in [-0.05, 0) is 30.9 Å². The number of aryl methyl sites for hydroxylation is 2. The van der Waals surface area contributed by atoms with Crippen molar-refractivity contribution in [3.63, 3.8) is 0 Å². The topological polar surface area (TPSA) is 89.8 Å². The van der Waals surface area contributed by atoms with Crippen molar-refractivity contribution in [2.75, 3.05) is 0 Å². The number of nitrogens with zero attached hydrogens (tertiary/aromatic N) is 4. The third kappa shape index (κ3) is 5.69. The molecule has 0 aliphatic heterocycles. The summed E-state index contributed by atoms with van der Waals surface area (Å²) in [5.74, 6) is -0.0869. The maximum atomic E-state index is 13.3. The van der Waals surface area contributed by atoms with E-state index >= 15 is 0 Å². The van der Waals surface area contributed by atoms with Crippen LogP contribution in [0.4, 0.5) is 0 Å². The summed E-state index contributed by atoms with van der Waals surface area (Å²) in [6.45, 7) is 4.88. The quantitative estimate of drug-likeness (QED) is 0.293. The Balaban J connectivity index is 1.57. The first-order chi connectivity index (χ1) is 16.5. The van der Waals surface area contributed by atoms with Crippen LogP contribution in [0.2, 0.25) is 0 Å². The Morgan fingerprint density at radius 1 is 1.03 bits per heavy atom. The van der Waals surface area contributed by atoms with E-state index in [1.165, 1.54) is 29.7 Å². The molecule has 8 heteroatoms. The molecule has 0 spiro atoms. The standard InChI is InChI=1S/C26H27N5O2S/c1-3-21(24(32)29-17-20-11-9-18(2)10-12-20)34-26-30-23-22(27-14-15-28-23)25(33)31(26)16-13-19-7-5-4-6-8-19/h4-12,14-15,21H,3,13,16-17H2,1-2H3,(H,29,32). The number of benzene rings is 2. The maximum Gasteiger partial charge on any atom is 0.282 e. The van der Waals surface area contributed by atoms with E-state index in [9.17, 15) is 9.59 Å². The predicted octanol–water partition coefficient (Wildman–Crippen LogP) is 3.92. The lowest BCUT2D eigenvalue weighted by atomic mass is 10.1. The molecule has 1 N–H and O–H groups in total. The number of nitrogens with one attached hydrogen (secondary N) is 1. The first-order valence-corrected chi connectivity index (χ1v) is 12.2. The second-order valence-electron chi connectivity index (χ2n) is 8.03. The van der Waals surface area contributed by atoms with Gasteiger partial charge < -0.3 is 5.32 Å². The average Bonchev–Trinajstić information content (AvgIpc) is 2.87. The molecule has 1 unspecified atom stereocenters. The van der Waals surface area contributed by atoms with Gasteiger partial charge >= 0.3 is 0 Å². The number of carbonyl (C=O) groups excluding carboxylic acids is 1. The van der Waals surface area contributed by atoms with Crippen LogP contribution in [0.3, 0.4) is 0 Å². The van der Waals surface area contributed by atoms with Gasteiger partial charge in [0.2, 0.25) is 5.91 Å². The number of carbonyl (C=O) groups is 1. The van der Waals surface area contributed by atoms with Crippen LogP contribution in [0, 0.1) is 6.92 Å². The van der Waals surface area contributed by atoms with Crippen LogP contribution in [0.15, 0.2) is 76.9 Å². The number of fused-ring (bicyclic) bond motifs is 1. The molecule has 0 aliphatic rings. The largest absolute Gasteiger partial charge is 0.351 e. The van der Waals surface area contributed by atoms with Gasteiger partial charge in [-0.25, -0.2) is 15.0 Å². The van der Waals surface area contributed by atoms with Crippen molar-refractivity contribution in [1.82, 2.24) is 24.8 Å². The molecule has 0 saturated carbocycles. The molecule has 4 rings (SSSR count). The number of hydrogen-bond acceptors (Lipinski definition) is 6. The van der Waals surface area contributed by atoms with Crippen molar-refractivity contribution in [3.8, 4) is 0 Å². The van der Waals surface area contributed by atoms with Crippen molar-refractivity contribution in [1.29, 1.82) is 0 Å². The van der Waals surface area contributed by atoms with Gasteiger partial charge in [-0.1, -0.05) is 78.8 Å². The zero-order valence-electron chi connectivity index (χ0n) is 19.3. The first-order valence-electron chi connectivity index (χ1n) is 11.3. The minimum Gasteiger partial charge on any atom is -0.351 e. The smallest absolute Gasteiger partial charge is 0.282 e. The summed E-state index contributed by atoms with van der Waals surface area (Å²) in [7, 11) is 0. The molecule has 1 atom stereocenters. The highest BCUT2D eigenvalue weighted by molar-refractivity contribution is 8.00. The second kappa shape index (κ2) is 11.1. The Morgan fingerprint density at radius 2 is 1.76 bits per heavy atom. The maximum absolute atomic E-state index is 13.3. The lowest BCUT2D eigenvalue weighted by Gasteiger charge is -2.18. The van der Waals surface area contributed by atoms with Crippen molar-refractivity contribution in [2.24, 2.45) is 0 Å². The van der Waals surface area contributed by atoms with Gasteiger partial charge in [-0.15, -0.1) is 0 Å². The molecular formula is C26H27N5O2S. The monoisotopic (exact) mass is 473 g/mol. The molecular weight excluding hydrogens is 446 g/mol. The molecule has 2 aromatic heterocycles. The van der Waals surface area contributed by atoms with E-state index in [2.05, 4.69) is 20.3 Å². The number of hydrogen-bond donors (Lipinski definition) is 1. The van der Waals surface area contributed by atoms with Crippen LogP contribution in [0.5, 0.6) is 0 Å². The fourth-order valence-electron chi connectivity index (χ4n) is 3.56. The van der Waals surface area contributed by atoms with E-state index in [0.29, 0.717) is 36.7 Å². The molecule has 0 bridgehead atoms. The van der Waals surface area contributed by atoms with Crippen molar-refractivity contribution in [3.05, 3.63) is 94.0 Å². The summed E-state index contributed by atoms with van der Waals surface area (Å²) in [5, 5.41) is 3.10. The lowest BCUT2D eigenvalue weighted by molar-refractivity contribution is -0.120. The predicted molar refractivity (Wildman–Crippen MR) is 135 cm³/mol. The normalized spacial score (nSPS) is 11.9. The summed E-state index contributed by atoms with van der Waals surface area (Å²) in [5.41, 5.74) is 3.62. The van der Waals surface area contributed by atoms with E-state index < -0.39 is 5.25 Å². The minimum atomic E-state index is -0.394. The third-order valence-corrected chi connectivity index (χ3v) is 6.88. The van der Waals surface area contributed by atoms with E-state index in [1.54, 1.807) is 4.57 Å². The molecule has 0 saturated heterocycles. The summed E-state index contributed by atoms with van der Waals surface area (Å²) in [4.78, 5) is 39.3. The van der Waals surface area contributed by atoms with Crippen LogP contribution in [0.25, 0.3) is 11.2 Å². The van der Waals surface area contributed by atoms with E-state index in [1.807, 2.05) is 68.4 Å². The van der Waals surface area contributed by atoms with E-state index in [0.717, 1.165) is 11.1 Å². The van der Waals surface area contributed by atoms with Crippen LogP contribution >= 0.6 is 11.8 Å². The molecule has 174 valence electrons. The zero-order chi connectivity index (χ0) is 23.9. The van der Waals surface area contributed by atoms with Crippen LogP contribution in [-0.4, -0.2) is 30.7 Å². The van der Waals surface area contributed by atoms with Crippen molar-refractivity contribution < 1.29 is 4.79 Å². The van der Waals surface area contributed by atoms with E-state index in [-0.39, 0.29) is 17.0 Å². The number of amides is 1. The van der Waals surface area contributed by atoms with Gasteiger partial charge in [0.15, 0.2) is 16.3 Å². The van der Waals surface area contributed by atoms with Crippen LogP contribution in [-0.2, 0) is 24.3 Å². The highest BCUT2D eigenvalue weighted by Gasteiger charge is 2.22. The highest BCUT2D eigenvalue weighted by Crippen LogP contribution is 2.24. The third-order valence-electron chi connectivity index (χ3n) is 5.52. The highest BCUT2D eigenvalue weighted by atomic mass is 32.2. The molecule has 4 aromatic rings. The first kappa shape index (κ1) is 23.6. The van der Waals surface area contributed by atoms with Gasteiger partial charge in [-0.2, -0.15) is 0 Å². The van der Waals surface area contributed by atoms with Crippen LogP contribution in [0.1, 0.15) is 30.0 Å². The fraction of sp³-hybridized carbons (Fsp3) is 0.269. The van der Waals surface area contributed by atoms with Gasteiger partial charge in [-0.3, -0.25) is 14.2 Å². The summed E-state index contributed by atoms with van der Waals surface area (Å²) < 4.78 is 1.62. The molecule has 0 aliphatic carbocycles. The molecule has 0 radical (unpaired) electrons. The Morgan fingerprint density at radius 3 is 2.50 bits per heavy atom. The molecule has 7 nitrogen and oxygen atoms in total. The molecule has 1 amide bonds. The van der Waals surface area contributed by atoms with Crippen molar-refractivity contribution in [2.45, 2.75) is 50.2 Å². The van der Waals surface area contributed by atoms with Crippen molar-refractivity contribution >= 4 is 28.8 Å². The number of rotatable bonds is 9. The Hall–Kier alpha value is -3.52. The summed E-state index contributed by atoms with van der Waals surface area (Å²) in [6, 6.07) is 18.0. The van der Waals surface area contributed by atoms with Crippen LogP contribution < -0.4 is 10.9 Å². The second-order valence-corrected chi connectivity index (χ2v) is 9.20. The minimum absolute atomic E-state index is 0.0869. The Kier molecular flexibility index (Phi) is 7.69. The van der Waals surface area contributed by atoms with Gasteiger partial charge in [0, 0.05) is 25.5 Å². The molecule has 34 heavy (non-hydrogen) atoms. The Labute approximate surface area is 202 Å². The molecule has 0 fully saturated rings. The van der Waals surface area contributed by atoms with Gasteiger partial charge in [0.05, 0.1) is 5.25 Å².